The quantitative estimate of drug-likeness (QED) is 0.764. The van der Waals surface area contributed by atoms with Crippen LogP contribution >= 0.6 is 0 Å². The highest BCUT2D eigenvalue weighted by Gasteiger charge is 2.20. The average molecular weight is 219 g/mol. The molecule has 0 N–H and O–H groups in total. The van der Waals surface area contributed by atoms with Gasteiger partial charge in [0.1, 0.15) is 5.82 Å². The van der Waals surface area contributed by atoms with Crippen molar-refractivity contribution in [1.82, 2.24) is 14.9 Å². The van der Waals surface area contributed by atoms with E-state index in [0.717, 1.165) is 25.3 Å². The van der Waals surface area contributed by atoms with Crippen molar-refractivity contribution in [2.75, 3.05) is 6.54 Å². The Kier molecular flexibility index (Phi) is 3.24. The first-order valence-electron chi connectivity index (χ1n) is 6.16. The fourth-order valence-corrected chi connectivity index (χ4v) is 2.07. The van der Waals surface area contributed by atoms with Crippen LogP contribution in [0.2, 0.25) is 0 Å². The monoisotopic (exact) mass is 219 g/mol. The van der Waals surface area contributed by atoms with Gasteiger partial charge in [0, 0.05) is 48.9 Å². The van der Waals surface area contributed by atoms with Gasteiger partial charge in [-0.2, -0.15) is 0 Å². The van der Waals surface area contributed by atoms with Gasteiger partial charge < -0.3 is 0 Å². The van der Waals surface area contributed by atoms with E-state index in [-0.39, 0.29) is 0 Å². The van der Waals surface area contributed by atoms with Crippen LogP contribution in [0.15, 0.2) is 6.20 Å². The fraction of sp³-hybridized carbons (Fsp3) is 0.692. The molecule has 0 unspecified atom stereocenters. The number of rotatable bonds is 2. The highest BCUT2D eigenvalue weighted by molar-refractivity contribution is 5.21. The summed E-state index contributed by atoms with van der Waals surface area (Å²) in [4.78, 5) is 11.6. The maximum absolute atomic E-state index is 4.67. The van der Waals surface area contributed by atoms with Crippen molar-refractivity contribution in [1.29, 1.82) is 0 Å². The van der Waals surface area contributed by atoms with Gasteiger partial charge >= 0.3 is 0 Å². The number of hydrogen-bond acceptors (Lipinski definition) is 3. The molecule has 88 valence electrons. The van der Waals surface area contributed by atoms with E-state index in [0.29, 0.717) is 12.0 Å². The number of hydrogen-bond donors (Lipinski definition) is 0. The Balaban J connectivity index is 2.22. The molecule has 1 aliphatic rings. The lowest BCUT2D eigenvalue weighted by Crippen LogP contribution is -2.36. The van der Waals surface area contributed by atoms with Gasteiger partial charge in [-0.1, -0.05) is 13.8 Å². The minimum Gasteiger partial charge on any atom is -0.296 e. The van der Waals surface area contributed by atoms with Crippen molar-refractivity contribution in [2.24, 2.45) is 0 Å². The average Bonchev–Trinajstić information content (AvgIpc) is 2.27. The smallest absolute Gasteiger partial charge is 0.131 e. The topological polar surface area (TPSA) is 29.0 Å². The van der Waals surface area contributed by atoms with Gasteiger partial charge in [-0.25, -0.2) is 9.97 Å². The lowest BCUT2D eigenvalue weighted by atomic mass is 10.1. The van der Waals surface area contributed by atoms with Crippen LogP contribution in [-0.2, 0) is 13.0 Å². The SMILES string of the molecule is CC(C)c1ncc2c(n1)CCN(C(C)C)C2. The van der Waals surface area contributed by atoms with E-state index in [4.69, 9.17) is 0 Å². The van der Waals surface area contributed by atoms with Crippen molar-refractivity contribution >= 4 is 0 Å². The van der Waals surface area contributed by atoms with Gasteiger partial charge in [0.15, 0.2) is 0 Å². The second-order valence-electron chi connectivity index (χ2n) is 5.17. The number of aromatic nitrogens is 2. The minimum absolute atomic E-state index is 0.424. The molecule has 0 fully saturated rings. The van der Waals surface area contributed by atoms with Crippen LogP contribution in [-0.4, -0.2) is 27.5 Å². The third-order valence-electron chi connectivity index (χ3n) is 3.23. The van der Waals surface area contributed by atoms with Gasteiger partial charge in [0.05, 0.1) is 0 Å². The molecule has 0 aliphatic carbocycles. The molecule has 0 spiro atoms. The van der Waals surface area contributed by atoms with Crippen LogP contribution in [0, 0.1) is 0 Å². The zero-order valence-electron chi connectivity index (χ0n) is 10.7. The molecule has 1 aromatic heterocycles. The summed E-state index contributed by atoms with van der Waals surface area (Å²) < 4.78 is 0. The van der Waals surface area contributed by atoms with Gasteiger partial charge in [-0.05, 0) is 13.8 Å². The zero-order chi connectivity index (χ0) is 11.7. The maximum atomic E-state index is 4.67. The summed E-state index contributed by atoms with van der Waals surface area (Å²) in [5, 5.41) is 0. The maximum Gasteiger partial charge on any atom is 0.131 e. The predicted octanol–water partition coefficient (Wildman–Crippen LogP) is 2.37. The van der Waals surface area contributed by atoms with Gasteiger partial charge in [0.2, 0.25) is 0 Å². The first-order valence-corrected chi connectivity index (χ1v) is 6.16. The fourth-order valence-electron chi connectivity index (χ4n) is 2.07. The number of fused-ring (bicyclic) bond motifs is 1. The molecule has 1 aromatic rings. The van der Waals surface area contributed by atoms with Crippen molar-refractivity contribution in [3.8, 4) is 0 Å². The Morgan fingerprint density at radius 1 is 1.25 bits per heavy atom. The highest BCUT2D eigenvalue weighted by Crippen LogP contribution is 2.20. The van der Waals surface area contributed by atoms with Gasteiger partial charge in [-0.3, -0.25) is 4.90 Å². The zero-order valence-corrected chi connectivity index (χ0v) is 10.7. The van der Waals surface area contributed by atoms with E-state index in [9.17, 15) is 0 Å². The van der Waals surface area contributed by atoms with E-state index in [1.165, 1.54) is 11.3 Å². The van der Waals surface area contributed by atoms with E-state index in [1.54, 1.807) is 0 Å². The number of nitrogens with zero attached hydrogens (tertiary/aromatic N) is 3. The van der Waals surface area contributed by atoms with Crippen molar-refractivity contribution in [2.45, 2.75) is 52.6 Å². The van der Waals surface area contributed by atoms with E-state index in [1.807, 2.05) is 6.20 Å². The lowest BCUT2D eigenvalue weighted by molar-refractivity contribution is 0.201. The summed E-state index contributed by atoms with van der Waals surface area (Å²) in [6, 6.07) is 0.609. The molecule has 0 bridgehead atoms. The molecule has 0 amide bonds. The third-order valence-corrected chi connectivity index (χ3v) is 3.23. The van der Waals surface area contributed by atoms with Crippen molar-refractivity contribution < 1.29 is 0 Å². The molecule has 0 saturated carbocycles. The van der Waals surface area contributed by atoms with Crippen molar-refractivity contribution in [3.63, 3.8) is 0 Å². The second kappa shape index (κ2) is 4.50. The highest BCUT2D eigenvalue weighted by atomic mass is 15.2. The van der Waals surface area contributed by atoms with Crippen LogP contribution in [0.25, 0.3) is 0 Å². The standard InChI is InChI=1S/C13H21N3/c1-9(2)13-14-7-11-8-16(10(3)4)6-5-12(11)15-13/h7,9-10H,5-6,8H2,1-4H3. The molecule has 3 nitrogen and oxygen atoms in total. The minimum atomic E-state index is 0.424. The molecule has 1 aliphatic heterocycles. The summed E-state index contributed by atoms with van der Waals surface area (Å²) in [6.07, 6.45) is 3.09. The molecule has 2 heterocycles. The lowest BCUT2D eigenvalue weighted by Gasteiger charge is -2.31. The van der Waals surface area contributed by atoms with Crippen LogP contribution in [0.3, 0.4) is 0 Å². The molecule has 0 radical (unpaired) electrons. The Morgan fingerprint density at radius 3 is 2.62 bits per heavy atom. The molecule has 0 atom stereocenters. The molecule has 3 heteroatoms. The van der Waals surface area contributed by atoms with Crippen molar-refractivity contribution in [3.05, 3.63) is 23.3 Å². The molecule has 0 saturated heterocycles. The molecular weight excluding hydrogens is 198 g/mol. The first-order chi connectivity index (χ1) is 7.58. The summed E-state index contributed by atoms with van der Waals surface area (Å²) in [6.45, 7) is 10.9. The Labute approximate surface area is 97.9 Å². The Hall–Kier alpha value is -0.960. The van der Waals surface area contributed by atoms with Crippen LogP contribution < -0.4 is 0 Å². The molecule has 0 aromatic carbocycles. The Morgan fingerprint density at radius 2 is 2.00 bits per heavy atom. The van der Waals surface area contributed by atoms with Gasteiger partial charge in [-0.15, -0.1) is 0 Å². The normalized spacial score (nSPS) is 16.9. The van der Waals surface area contributed by atoms with Crippen LogP contribution in [0.1, 0.15) is 50.7 Å². The summed E-state index contributed by atoms with van der Waals surface area (Å²) in [5.41, 5.74) is 2.57. The third kappa shape index (κ3) is 2.24. The largest absolute Gasteiger partial charge is 0.296 e. The summed E-state index contributed by atoms with van der Waals surface area (Å²) in [7, 11) is 0. The van der Waals surface area contributed by atoms with Crippen LogP contribution in [0.4, 0.5) is 0 Å². The van der Waals surface area contributed by atoms with E-state index < -0.39 is 0 Å². The van der Waals surface area contributed by atoms with E-state index >= 15 is 0 Å². The molecular formula is C13H21N3. The predicted molar refractivity (Wildman–Crippen MR) is 65.4 cm³/mol. The van der Waals surface area contributed by atoms with Gasteiger partial charge in [0.25, 0.3) is 0 Å². The Bertz CT molecular complexity index is 371. The summed E-state index contributed by atoms with van der Waals surface area (Å²) in [5.74, 6) is 1.41. The summed E-state index contributed by atoms with van der Waals surface area (Å²) >= 11 is 0. The van der Waals surface area contributed by atoms with E-state index in [2.05, 4.69) is 42.6 Å². The molecule has 16 heavy (non-hydrogen) atoms. The molecule has 2 rings (SSSR count). The van der Waals surface area contributed by atoms with Crippen LogP contribution in [0.5, 0.6) is 0 Å². The second-order valence-corrected chi connectivity index (χ2v) is 5.17. The first kappa shape index (κ1) is 11.5.